The number of rotatable bonds is 4. The van der Waals surface area contributed by atoms with E-state index in [1.165, 1.54) is 0 Å². The number of Topliss-reactive ketones (excluding diaryl/α,β-unsaturated/α-hetero) is 1. The van der Waals surface area contributed by atoms with Crippen LogP contribution in [-0.4, -0.2) is 21.1 Å². The first kappa shape index (κ1) is 16.7. The summed E-state index contributed by atoms with van der Waals surface area (Å²) >= 11 is 0. The number of hydrogen-bond donors (Lipinski definition) is 1. The van der Waals surface area contributed by atoms with Gasteiger partial charge in [-0.25, -0.2) is 4.98 Å². The van der Waals surface area contributed by atoms with Crippen LogP contribution in [-0.2, 0) is 0 Å². The van der Waals surface area contributed by atoms with Gasteiger partial charge < -0.3 is 9.72 Å². The molecule has 0 spiro atoms. The van der Waals surface area contributed by atoms with E-state index in [2.05, 4.69) is 10.3 Å². The van der Waals surface area contributed by atoms with E-state index in [0.29, 0.717) is 16.9 Å². The van der Waals surface area contributed by atoms with Crippen LogP contribution in [0.25, 0.3) is 16.8 Å². The van der Waals surface area contributed by atoms with Crippen molar-refractivity contribution in [3.8, 4) is 11.1 Å². The average molecular weight is 355 g/mol. The molecule has 0 unspecified atom stereocenters. The lowest BCUT2D eigenvalue weighted by atomic mass is 10.0. The van der Waals surface area contributed by atoms with Crippen LogP contribution in [0.3, 0.4) is 0 Å². The van der Waals surface area contributed by atoms with Gasteiger partial charge in [0.1, 0.15) is 11.3 Å². The molecule has 1 amide bonds. The number of aromatic nitrogens is 2. The normalized spacial score (nSPS) is 10.7. The van der Waals surface area contributed by atoms with Crippen LogP contribution in [0.2, 0.25) is 0 Å². The standard InChI is InChI=1S/C22H17N3O2/c1-15(26)16-6-5-7-17(12-16)18-10-11-21-24-20(14-25(21)13-18)22(27)23-19-8-3-2-4-9-19/h2-14H,1H3,(H,23,27). The molecule has 1 N–H and O–H groups in total. The van der Waals surface area contributed by atoms with Crippen molar-refractivity contribution in [1.29, 1.82) is 0 Å². The minimum absolute atomic E-state index is 0.0282. The topological polar surface area (TPSA) is 63.5 Å². The number of nitrogens with zero attached hydrogens (tertiary/aromatic N) is 2. The summed E-state index contributed by atoms with van der Waals surface area (Å²) in [6, 6.07) is 20.5. The van der Waals surface area contributed by atoms with Crippen LogP contribution >= 0.6 is 0 Å². The number of fused-ring (bicyclic) bond motifs is 1. The Labute approximate surface area is 156 Å². The minimum Gasteiger partial charge on any atom is -0.321 e. The molecule has 0 aliphatic heterocycles. The van der Waals surface area contributed by atoms with Gasteiger partial charge in [0.15, 0.2) is 5.78 Å². The highest BCUT2D eigenvalue weighted by Crippen LogP contribution is 2.22. The minimum atomic E-state index is -0.259. The molecule has 5 nitrogen and oxygen atoms in total. The van der Waals surface area contributed by atoms with Crippen molar-refractivity contribution in [3.05, 3.63) is 90.4 Å². The summed E-state index contributed by atoms with van der Waals surface area (Å²) in [6.45, 7) is 1.55. The van der Waals surface area contributed by atoms with E-state index in [0.717, 1.165) is 16.8 Å². The molecule has 0 bridgehead atoms. The van der Waals surface area contributed by atoms with Gasteiger partial charge in [-0.3, -0.25) is 9.59 Å². The number of benzene rings is 2. The molecule has 27 heavy (non-hydrogen) atoms. The number of pyridine rings is 1. The summed E-state index contributed by atoms with van der Waals surface area (Å²) in [4.78, 5) is 28.4. The van der Waals surface area contributed by atoms with Crippen molar-refractivity contribution in [1.82, 2.24) is 9.38 Å². The summed E-state index contributed by atoms with van der Waals surface area (Å²) in [5.74, 6) is -0.231. The first-order valence-electron chi connectivity index (χ1n) is 8.57. The lowest BCUT2D eigenvalue weighted by Crippen LogP contribution is -2.11. The van der Waals surface area contributed by atoms with Gasteiger partial charge in [-0.15, -0.1) is 0 Å². The van der Waals surface area contributed by atoms with Gasteiger partial charge >= 0.3 is 0 Å². The summed E-state index contributed by atoms with van der Waals surface area (Å²) in [6.07, 6.45) is 3.60. The maximum Gasteiger partial charge on any atom is 0.275 e. The molecule has 132 valence electrons. The number of carbonyl (C=O) groups excluding carboxylic acids is 2. The molecule has 2 heterocycles. The van der Waals surface area contributed by atoms with Crippen molar-refractivity contribution in [2.75, 3.05) is 5.32 Å². The quantitative estimate of drug-likeness (QED) is 0.550. The lowest BCUT2D eigenvalue weighted by Gasteiger charge is -2.04. The molecule has 4 aromatic rings. The Morgan fingerprint density at radius 3 is 2.48 bits per heavy atom. The van der Waals surface area contributed by atoms with Crippen molar-refractivity contribution in [2.24, 2.45) is 0 Å². The van der Waals surface area contributed by atoms with E-state index < -0.39 is 0 Å². The molecule has 0 aliphatic carbocycles. The number of imidazole rings is 1. The largest absolute Gasteiger partial charge is 0.321 e. The highest BCUT2D eigenvalue weighted by atomic mass is 16.2. The Kier molecular flexibility index (Phi) is 4.26. The second-order valence-electron chi connectivity index (χ2n) is 6.27. The van der Waals surface area contributed by atoms with Gasteiger partial charge in [0, 0.05) is 23.6 Å². The molecule has 0 atom stereocenters. The Morgan fingerprint density at radius 1 is 0.889 bits per heavy atom. The molecule has 0 aliphatic rings. The van der Waals surface area contributed by atoms with E-state index in [1.807, 2.05) is 71.3 Å². The van der Waals surface area contributed by atoms with Crippen LogP contribution in [0.15, 0.2) is 79.1 Å². The predicted octanol–water partition coefficient (Wildman–Crippen LogP) is 4.46. The number of ketones is 1. The number of nitrogens with one attached hydrogen (secondary N) is 1. The smallest absolute Gasteiger partial charge is 0.275 e. The van der Waals surface area contributed by atoms with E-state index in [1.54, 1.807) is 19.2 Å². The SMILES string of the molecule is CC(=O)c1cccc(-c2ccc3nc(C(=O)Nc4ccccc4)cn3c2)c1. The molecule has 0 radical (unpaired) electrons. The summed E-state index contributed by atoms with van der Waals surface area (Å²) in [7, 11) is 0. The number of carbonyl (C=O) groups is 2. The van der Waals surface area contributed by atoms with Crippen LogP contribution in [0.5, 0.6) is 0 Å². The van der Waals surface area contributed by atoms with E-state index in [4.69, 9.17) is 0 Å². The summed E-state index contributed by atoms with van der Waals surface area (Å²) in [5.41, 5.74) is 4.29. The average Bonchev–Trinajstić information content (AvgIpc) is 3.12. The third-order valence-corrected chi connectivity index (χ3v) is 4.32. The second-order valence-corrected chi connectivity index (χ2v) is 6.27. The first-order valence-corrected chi connectivity index (χ1v) is 8.57. The summed E-state index contributed by atoms with van der Waals surface area (Å²) in [5, 5.41) is 2.83. The van der Waals surface area contributed by atoms with E-state index >= 15 is 0 Å². The van der Waals surface area contributed by atoms with Crippen LogP contribution < -0.4 is 5.32 Å². The van der Waals surface area contributed by atoms with Gasteiger partial charge in [0.05, 0.1) is 0 Å². The molecular weight excluding hydrogens is 338 g/mol. The second kappa shape index (κ2) is 6.88. The van der Waals surface area contributed by atoms with E-state index in [-0.39, 0.29) is 11.7 Å². The monoisotopic (exact) mass is 355 g/mol. The zero-order chi connectivity index (χ0) is 18.8. The lowest BCUT2D eigenvalue weighted by molar-refractivity contribution is 0.101. The fourth-order valence-corrected chi connectivity index (χ4v) is 2.91. The maximum atomic E-state index is 12.4. The Morgan fingerprint density at radius 2 is 1.70 bits per heavy atom. The number of anilines is 1. The molecule has 0 fully saturated rings. The zero-order valence-corrected chi connectivity index (χ0v) is 14.7. The molecule has 4 rings (SSSR count). The van der Waals surface area contributed by atoms with Crippen molar-refractivity contribution in [2.45, 2.75) is 6.92 Å². The Balaban J connectivity index is 1.65. The van der Waals surface area contributed by atoms with Crippen LogP contribution in [0.1, 0.15) is 27.8 Å². The molecule has 2 aromatic carbocycles. The molecule has 5 heteroatoms. The molecule has 0 saturated carbocycles. The zero-order valence-electron chi connectivity index (χ0n) is 14.7. The predicted molar refractivity (Wildman–Crippen MR) is 105 cm³/mol. The van der Waals surface area contributed by atoms with Gasteiger partial charge in [0.25, 0.3) is 5.91 Å². The van der Waals surface area contributed by atoms with Gasteiger partial charge in [-0.1, -0.05) is 36.4 Å². The fraction of sp³-hybridized carbons (Fsp3) is 0.0455. The van der Waals surface area contributed by atoms with Crippen molar-refractivity contribution < 1.29 is 9.59 Å². The maximum absolute atomic E-state index is 12.4. The Hall–Kier alpha value is -3.73. The molecule has 2 aromatic heterocycles. The van der Waals surface area contributed by atoms with Gasteiger partial charge in [-0.05, 0) is 48.4 Å². The van der Waals surface area contributed by atoms with Crippen LogP contribution in [0.4, 0.5) is 5.69 Å². The number of para-hydroxylation sites is 1. The third kappa shape index (κ3) is 3.48. The highest BCUT2D eigenvalue weighted by molar-refractivity contribution is 6.03. The number of amides is 1. The van der Waals surface area contributed by atoms with E-state index in [9.17, 15) is 9.59 Å². The molecular formula is C22H17N3O2. The van der Waals surface area contributed by atoms with Crippen molar-refractivity contribution in [3.63, 3.8) is 0 Å². The molecule has 0 saturated heterocycles. The summed E-state index contributed by atoms with van der Waals surface area (Å²) < 4.78 is 1.82. The number of hydrogen-bond acceptors (Lipinski definition) is 3. The first-order chi connectivity index (χ1) is 13.1. The fourth-order valence-electron chi connectivity index (χ4n) is 2.91. The Bertz CT molecular complexity index is 1150. The van der Waals surface area contributed by atoms with Crippen LogP contribution in [0, 0.1) is 0 Å². The third-order valence-electron chi connectivity index (χ3n) is 4.32. The highest BCUT2D eigenvalue weighted by Gasteiger charge is 2.12. The van der Waals surface area contributed by atoms with Gasteiger partial charge in [0.2, 0.25) is 0 Å². The van der Waals surface area contributed by atoms with Crippen molar-refractivity contribution >= 4 is 23.0 Å². The van der Waals surface area contributed by atoms with Gasteiger partial charge in [-0.2, -0.15) is 0 Å².